The molecule has 0 atom stereocenters. The maximum absolute atomic E-state index is 13.4. The van der Waals surface area contributed by atoms with E-state index in [1.165, 1.54) is 4.90 Å². The lowest BCUT2D eigenvalue weighted by molar-refractivity contribution is -0.117. The van der Waals surface area contributed by atoms with Gasteiger partial charge in [0.1, 0.15) is 12.4 Å². The lowest BCUT2D eigenvalue weighted by Gasteiger charge is -2.26. The van der Waals surface area contributed by atoms with Crippen LogP contribution in [0.2, 0.25) is 5.02 Å². The van der Waals surface area contributed by atoms with Gasteiger partial charge in [-0.15, -0.1) is 0 Å². The topological polar surface area (TPSA) is 79.3 Å². The van der Waals surface area contributed by atoms with Gasteiger partial charge in [-0.3, -0.25) is 4.79 Å². The highest BCUT2D eigenvalue weighted by atomic mass is 35.5. The number of nitrogens with one attached hydrogen (secondary N) is 2. The molecule has 0 aliphatic carbocycles. The fraction of sp³-hybridized carbons (Fsp3) is 0.207. The molecule has 0 aliphatic heterocycles. The molecule has 0 saturated heterocycles. The number of carbonyl (C=O) groups excluding carboxylic acids is 2. The van der Waals surface area contributed by atoms with E-state index >= 15 is 0 Å². The van der Waals surface area contributed by atoms with Crippen LogP contribution in [0.4, 0.5) is 16.3 Å². The molecule has 0 aliphatic rings. The van der Waals surface area contributed by atoms with Crippen LogP contribution in [-0.2, 0) is 4.79 Å². The zero-order valence-corrected chi connectivity index (χ0v) is 22.1. The number of urea groups is 1. The first-order valence-corrected chi connectivity index (χ1v) is 12.5. The third kappa shape index (κ3) is 6.19. The summed E-state index contributed by atoms with van der Waals surface area (Å²) in [6, 6.07) is 24.0. The Morgan fingerprint density at radius 1 is 0.946 bits per heavy atom. The van der Waals surface area contributed by atoms with E-state index < -0.39 is 0 Å². The van der Waals surface area contributed by atoms with Gasteiger partial charge in [-0.1, -0.05) is 65.7 Å². The molecule has 3 aromatic carbocycles. The number of anilines is 2. The Morgan fingerprint density at radius 2 is 1.65 bits per heavy atom. The van der Waals surface area contributed by atoms with E-state index in [9.17, 15) is 9.59 Å². The van der Waals surface area contributed by atoms with Gasteiger partial charge in [0, 0.05) is 22.3 Å². The molecule has 0 fully saturated rings. The smallest absolute Gasteiger partial charge is 0.313 e. The first-order valence-electron chi connectivity index (χ1n) is 12.1. The minimum Gasteiger partial charge on any atom is -0.313 e. The first-order chi connectivity index (χ1) is 17.7. The summed E-state index contributed by atoms with van der Waals surface area (Å²) in [4.78, 5) is 27.9. The predicted molar refractivity (Wildman–Crippen MR) is 149 cm³/mol. The van der Waals surface area contributed by atoms with Gasteiger partial charge < -0.3 is 15.5 Å². The van der Waals surface area contributed by atoms with Crippen LogP contribution in [0.3, 0.4) is 0 Å². The van der Waals surface area contributed by atoms with Crippen LogP contribution in [-0.4, -0.2) is 39.2 Å². The lowest BCUT2D eigenvalue weighted by Crippen LogP contribution is -2.44. The highest BCUT2D eigenvalue weighted by molar-refractivity contribution is 6.30. The monoisotopic (exact) mass is 515 g/mol. The molecule has 0 spiro atoms. The van der Waals surface area contributed by atoms with Crippen molar-refractivity contribution in [3.63, 3.8) is 0 Å². The van der Waals surface area contributed by atoms with Crippen molar-refractivity contribution in [2.24, 2.45) is 0 Å². The molecule has 0 saturated carbocycles. The van der Waals surface area contributed by atoms with E-state index in [2.05, 4.69) is 10.6 Å². The largest absolute Gasteiger partial charge is 0.322 e. The number of nitrogens with zero attached hydrogens (tertiary/aromatic N) is 3. The summed E-state index contributed by atoms with van der Waals surface area (Å²) in [7, 11) is 0. The minimum absolute atomic E-state index is 0.142. The summed E-state index contributed by atoms with van der Waals surface area (Å²) in [6.45, 7) is 7.52. The van der Waals surface area contributed by atoms with Crippen molar-refractivity contribution in [1.29, 1.82) is 0 Å². The molecule has 0 radical (unpaired) electrons. The van der Waals surface area contributed by atoms with Gasteiger partial charge in [0.15, 0.2) is 0 Å². The summed E-state index contributed by atoms with van der Waals surface area (Å²) < 4.78 is 1.74. The number of aromatic nitrogens is 2. The number of halogens is 1. The van der Waals surface area contributed by atoms with E-state index in [4.69, 9.17) is 16.7 Å². The van der Waals surface area contributed by atoms with Crippen LogP contribution >= 0.6 is 11.6 Å². The van der Waals surface area contributed by atoms with Crippen LogP contribution in [0.15, 0.2) is 78.9 Å². The van der Waals surface area contributed by atoms with Crippen LogP contribution in [0.1, 0.15) is 25.1 Å². The van der Waals surface area contributed by atoms with Crippen molar-refractivity contribution in [2.45, 2.75) is 33.7 Å². The normalized spacial score (nSPS) is 10.9. The van der Waals surface area contributed by atoms with Gasteiger partial charge in [-0.05, 0) is 63.6 Å². The van der Waals surface area contributed by atoms with Gasteiger partial charge in [-0.25, -0.2) is 9.48 Å². The van der Waals surface area contributed by atoms with E-state index in [1.807, 2.05) is 82.3 Å². The molecule has 8 heteroatoms. The zero-order valence-electron chi connectivity index (χ0n) is 21.3. The standard InChI is InChI=1S/C29H30ClN5O2/c1-19(2)34(29(37)31-24-12-8-11-23(30)17-24)18-26(36)32-28-27(22-9-6-5-7-10-22)21(4)33-35(28)25-15-13-20(3)14-16-25/h5-17,19H,18H2,1-4H3,(H,31,37)(H,32,36). The molecule has 0 bridgehead atoms. The van der Waals surface area contributed by atoms with E-state index in [-0.39, 0.29) is 24.5 Å². The molecule has 1 aromatic heterocycles. The van der Waals surface area contributed by atoms with Crippen molar-refractivity contribution >= 4 is 35.0 Å². The Balaban J connectivity index is 1.63. The van der Waals surface area contributed by atoms with Gasteiger partial charge in [0.2, 0.25) is 5.91 Å². The second-order valence-corrected chi connectivity index (χ2v) is 9.57. The van der Waals surface area contributed by atoms with Crippen LogP contribution in [0.25, 0.3) is 16.8 Å². The van der Waals surface area contributed by atoms with Gasteiger partial charge >= 0.3 is 6.03 Å². The zero-order chi connectivity index (χ0) is 26.5. The lowest BCUT2D eigenvalue weighted by atomic mass is 10.1. The first kappa shape index (κ1) is 26.0. The molecule has 4 aromatic rings. The third-order valence-corrected chi connectivity index (χ3v) is 6.17. The third-order valence-electron chi connectivity index (χ3n) is 5.93. The molecule has 3 amide bonds. The summed E-state index contributed by atoms with van der Waals surface area (Å²) in [6.07, 6.45) is 0. The summed E-state index contributed by atoms with van der Waals surface area (Å²) in [5, 5.41) is 11.1. The van der Waals surface area contributed by atoms with Gasteiger partial charge in [0.05, 0.1) is 11.4 Å². The molecular formula is C29H30ClN5O2. The molecule has 7 nitrogen and oxygen atoms in total. The van der Waals surface area contributed by atoms with Crippen LogP contribution in [0.5, 0.6) is 0 Å². The van der Waals surface area contributed by atoms with Crippen molar-refractivity contribution in [3.8, 4) is 16.8 Å². The van der Waals surface area contributed by atoms with E-state index in [0.29, 0.717) is 16.5 Å². The second kappa shape index (κ2) is 11.3. The number of aryl methyl sites for hydroxylation is 2. The number of hydrogen-bond donors (Lipinski definition) is 2. The average Bonchev–Trinajstić information content (AvgIpc) is 3.18. The molecule has 0 unspecified atom stereocenters. The summed E-state index contributed by atoms with van der Waals surface area (Å²) in [5.41, 5.74) is 5.05. The van der Waals surface area contributed by atoms with Crippen molar-refractivity contribution in [2.75, 3.05) is 17.2 Å². The molecule has 4 rings (SSSR count). The Labute approximate surface area is 222 Å². The maximum Gasteiger partial charge on any atom is 0.322 e. The Morgan fingerprint density at radius 3 is 2.30 bits per heavy atom. The van der Waals surface area contributed by atoms with Crippen LogP contribution in [0, 0.1) is 13.8 Å². The fourth-order valence-electron chi connectivity index (χ4n) is 4.04. The molecule has 190 valence electrons. The number of rotatable bonds is 7. The number of benzene rings is 3. The van der Waals surface area contributed by atoms with Crippen molar-refractivity contribution < 1.29 is 9.59 Å². The Kier molecular flexibility index (Phi) is 7.94. The summed E-state index contributed by atoms with van der Waals surface area (Å²) >= 11 is 6.05. The van der Waals surface area contributed by atoms with E-state index in [0.717, 1.165) is 28.1 Å². The molecule has 2 N–H and O–H groups in total. The highest BCUT2D eigenvalue weighted by Crippen LogP contribution is 2.33. The Hall–Kier alpha value is -4.10. The fourth-order valence-corrected chi connectivity index (χ4v) is 4.23. The molecule has 1 heterocycles. The van der Waals surface area contributed by atoms with Gasteiger partial charge in [0.25, 0.3) is 0 Å². The number of carbonyl (C=O) groups is 2. The summed E-state index contributed by atoms with van der Waals surface area (Å²) in [5.74, 6) is 0.219. The van der Waals surface area contributed by atoms with Crippen molar-refractivity contribution in [3.05, 3.63) is 95.1 Å². The second-order valence-electron chi connectivity index (χ2n) is 9.13. The minimum atomic E-state index is -0.390. The van der Waals surface area contributed by atoms with Gasteiger partial charge in [-0.2, -0.15) is 5.10 Å². The van der Waals surface area contributed by atoms with Crippen molar-refractivity contribution in [1.82, 2.24) is 14.7 Å². The number of amides is 3. The SMILES string of the molecule is Cc1ccc(-n2nc(C)c(-c3ccccc3)c2NC(=O)CN(C(=O)Nc2cccc(Cl)c2)C(C)C)cc1. The Bertz CT molecular complexity index is 1400. The molecule has 37 heavy (non-hydrogen) atoms. The molecular weight excluding hydrogens is 486 g/mol. The van der Waals surface area contributed by atoms with E-state index in [1.54, 1.807) is 28.9 Å². The predicted octanol–water partition coefficient (Wildman–Crippen LogP) is 6.69. The van der Waals surface area contributed by atoms with Crippen LogP contribution < -0.4 is 10.6 Å². The average molecular weight is 516 g/mol. The quantitative estimate of drug-likeness (QED) is 0.288. The highest BCUT2D eigenvalue weighted by Gasteiger charge is 2.24. The number of hydrogen-bond acceptors (Lipinski definition) is 3. The maximum atomic E-state index is 13.4.